The number of methoxy groups -OCH3 is 2. The van der Waals surface area contributed by atoms with E-state index in [9.17, 15) is 4.79 Å². The lowest BCUT2D eigenvalue weighted by atomic mass is 10.0. The van der Waals surface area contributed by atoms with Gasteiger partial charge in [-0.05, 0) is 43.3 Å². The summed E-state index contributed by atoms with van der Waals surface area (Å²) in [5.74, 6) is 1.56. The van der Waals surface area contributed by atoms with Crippen molar-refractivity contribution in [2.45, 2.75) is 36.7 Å². The molecule has 0 radical (unpaired) electrons. The predicted molar refractivity (Wildman–Crippen MR) is 93.4 cm³/mol. The molecule has 0 bridgehead atoms. The Morgan fingerprint density at radius 3 is 2.57 bits per heavy atom. The minimum Gasteiger partial charge on any atom is -0.493 e. The third-order valence-electron chi connectivity index (χ3n) is 4.18. The molecule has 1 unspecified atom stereocenters. The summed E-state index contributed by atoms with van der Waals surface area (Å²) < 4.78 is 10.7. The van der Waals surface area contributed by atoms with Crippen molar-refractivity contribution in [1.82, 2.24) is 10.2 Å². The molecule has 1 amide bonds. The van der Waals surface area contributed by atoms with Crippen LogP contribution in [0.25, 0.3) is 0 Å². The van der Waals surface area contributed by atoms with Crippen LogP contribution in [0.5, 0.6) is 11.5 Å². The molecule has 0 spiro atoms. The van der Waals surface area contributed by atoms with Gasteiger partial charge in [-0.25, -0.2) is 0 Å². The molecule has 1 aromatic rings. The Labute approximate surface area is 142 Å². The van der Waals surface area contributed by atoms with Gasteiger partial charge in [0.1, 0.15) is 0 Å². The van der Waals surface area contributed by atoms with Crippen molar-refractivity contribution in [3.63, 3.8) is 0 Å². The zero-order valence-electron chi connectivity index (χ0n) is 14.3. The standard InChI is InChI=1S/C17H26N2O3S/c1-19(17(20)13-7-5-6-8-18-13)11-12-9-14(21-2)15(22-3)10-16(12)23-4/h9-10,13,18H,5-8,11H2,1-4H3. The molecule has 0 aromatic heterocycles. The quantitative estimate of drug-likeness (QED) is 0.808. The molecule has 2 rings (SSSR count). The first-order chi connectivity index (χ1) is 11.1. The van der Waals surface area contributed by atoms with Crippen molar-refractivity contribution < 1.29 is 14.3 Å². The van der Waals surface area contributed by atoms with Crippen LogP contribution in [0.1, 0.15) is 24.8 Å². The second kappa shape index (κ2) is 8.45. The van der Waals surface area contributed by atoms with Crippen LogP contribution in [0.15, 0.2) is 17.0 Å². The van der Waals surface area contributed by atoms with Crippen LogP contribution in [-0.2, 0) is 11.3 Å². The molecular weight excluding hydrogens is 312 g/mol. The van der Waals surface area contributed by atoms with Gasteiger partial charge < -0.3 is 19.7 Å². The third-order valence-corrected chi connectivity index (χ3v) is 5.00. The van der Waals surface area contributed by atoms with E-state index in [1.807, 2.05) is 25.4 Å². The van der Waals surface area contributed by atoms with E-state index < -0.39 is 0 Å². The predicted octanol–water partition coefficient (Wildman–Crippen LogP) is 2.53. The first-order valence-electron chi connectivity index (χ1n) is 7.88. The molecule has 1 N–H and O–H groups in total. The highest BCUT2D eigenvalue weighted by Crippen LogP contribution is 2.35. The molecule has 0 aliphatic carbocycles. The second-order valence-electron chi connectivity index (χ2n) is 5.72. The van der Waals surface area contributed by atoms with E-state index in [0.29, 0.717) is 18.0 Å². The second-order valence-corrected chi connectivity index (χ2v) is 6.56. The number of rotatable bonds is 6. The number of amides is 1. The van der Waals surface area contributed by atoms with Gasteiger partial charge in [-0.15, -0.1) is 11.8 Å². The number of thioether (sulfide) groups is 1. The molecule has 23 heavy (non-hydrogen) atoms. The van der Waals surface area contributed by atoms with Gasteiger partial charge in [0.15, 0.2) is 11.5 Å². The molecule has 1 saturated heterocycles. The molecule has 0 saturated carbocycles. The zero-order valence-corrected chi connectivity index (χ0v) is 15.2. The fraction of sp³-hybridized carbons (Fsp3) is 0.588. The van der Waals surface area contributed by atoms with Crippen LogP contribution in [-0.4, -0.2) is 50.9 Å². The molecule has 6 heteroatoms. The number of nitrogens with zero attached hydrogens (tertiary/aromatic N) is 1. The van der Waals surface area contributed by atoms with Crippen molar-refractivity contribution in [2.24, 2.45) is 0 Å². The average Bonchev–Trinajstić information content (AvgIpc) is 2.61. The molecule has 128 valence electrons. The first kappa shape index (κ1) is 17.9. The maximum Gasteiger partial charge on any atom is 0.239 e. The molecule has 1 atom stereocenters. The molecule has 1 aliphatic heterocycles. The maximum atomic E-state index is 12.6. The molecule has 1 aliphatic rings. The van der Waals surface area contributed by atoms with Crippen LogP contribution in [0, 0.1) is 0 Å². The highest BCUT2D eigenvalue weighted by atomic mass is 32.2. The van der Waals surface area contributed by atoms with Crippen LogP contribution in [0.2, 0.25) is 0 Å². The summed E-state index contributed by atoms with van der Waals surface area (Å²) in [6, 6.07) is 3.88. The smallest absolute Gasteiger partial charge is 0.239 e. The van der Waals surface area contributed by atoms with Gasteiger partial charge in [0.25, 0.3) is 0 Å². The van der Waals surface area contributed by atoms with Crippen LogP contribution < -0.4 is 14.8 Å². The number of likely N-dealkylation sites (N-methyl/N-ethyl adjacent to an activating group) is 1. The largest absolute Gasteiger partial charge is 0.493 e. The van der Waals surface area contributed by atoms with Gasteiger partial charge in [0.2, 0.25) is 5.91 Å². The first-order valence-corrected chi connectivity index (χ1v) is 9.10. The number of ether oxygens (including phenoxy) is 2. The Hall–Kier alpha value is -1.40. The molecule has 1 aromatic carbocycles. The summed E-state index contributed by atoms with van der Waals surface area (Å²) in [4.78, 5) is 15.5. The summed E-state index contributed by atoms with van der Waals surface area (Å²) in [7, 11) is 5.12. The van der Waals surface area contributed by atoms with E-state index in [2.05, 4.69) is 5.32 Å². The van der Waals surface area contributed by atoms with Crippen molar-refractivity contribution in [1.29, 1.82) is 0 Å². The zero-order chi connectivity index (χ0) is 16.8. The lowest BCUT2D eigenvalue weighted by molar-refractivity contribution is -0.133. The topological polar surface area (TPSA) is 50.8 Å². The summed E-state index contributed by atoms with van der Waals surface area (Å²) in [6.07, 6.45) is 5.21. The molecular formula is C17H26N2O3S. The van der Waals surface area contributed by atoms with E-state index in [4.69, 9.17) is 9.47 Å². The fourth-order valence-electron chi connectivity index (χ4n) is 2.88. The van der Waals surface area contributed by atoms with Gasteiger partial charge in [0, 0.05) is 18.5 Å². The van der Waals surface area contributed by atoms with Crippen molar-refractivity contribution in [2.75, 3.05) is 34.1 Å². The lowest BCUT2D eigenvalue weighted by Gasteiger charge is -2.28. The van der Waals surface area contributed by atoms with E-state index in [0.717, 1.165) is 36.3 Å². The number of carbonyl (C=O) groups excluding carboxylic acids is 1. The number of carbonyl (C=O) groups is 1. The van der Waals surface area contributed by atoms with Gasteiger partial charge in [0.05, 0.1) is 20.3 Å². The van der Waals surface area contributed by atoms with Crippen molar-refractivity contribution in [3.8, 4) is 11.5 Å². The Bertz CT molecular complexity index is 545. The Kier molecular flexibility index (Phi) is 6.59. The van der Waals surface area contributed by atoms with E-state index in [1.54, 1.807) is 30.9 Å². The monoisotopic (exact) mass is 338 g/mol. The summed E-state index contributed by atoms with van der Waals surface area (Å²) in [6.45, 7) is 1.49. The minimum absolute atomic E-state index is 0.0494. The molecule has 1 heterocycles. The van der Waals surface area contributed by atoms with Crippen LogP contribution >= 0.6 is 11.8 Å². The Morgan fingerprint density at radius 1 is 1.30 bits per heavy atom. The van der Waals surface area contributed by atoms with Gasteiger partial charge in [-0.2, -0.15) is 0 Å². The van der Waals surface area contributed by atoms with Gasteiger partial charge in [-0.1, -0.05) is 6.42 Å². The highest BCUT2D eigenvalue weighted by Gasteiger charge is 2.24. The van der Waals surface area contributed by atoms with Gasteiger partial charge in [-0.3, -0.25) is 4.79 Å². The van der Waals surface area contributed by atoms with Crippen molar-refractivity contribution >= 4 is 17.7 Å². The third kappa shape index (κ3) is 4.32. The number of nitrogens with one attached hydrogen (secondary N) is 1. The average molecular weight is 338 g/mol. The Morgan fingerprint density at radius 2 is 2.00 bits per heavy atom. The normalized spacial score (nSPS) is 17.7. The Balaban J connectivity index is 2.15. The van der Waals surface area contributed by atoms with Crippen molar-refractivity contribution in [3.05, 3.63) is 17.7 Å². The summed E-state index contributed by atoms with van der Waals surface area (Å²) in [5, 5.41) is 3.31. The highest BCUT2D eigenvalue weighted by molar-refractivity contribution is 7.98. The number of hydrogen-bond acceptors (Lipinski definition) is 5. The number of hydrogen-bond donors (Lipinski definition) is 1. The summed E-state index contributed by atoms with van der Waals surface area (Å²) >= 11 is 1.64. The van der Waals surface area contributed by atoms with Crippen LogP contribution in [0.4, 0.5) is 0 Å². The maximum absolute atomic E-state index is 12.6. The van der Waals surface area contributed by atoms with Crippen LogP contribution in [0.3, 0.4) is 0 Å². The number of piperidine rings is 1. The fourth-order valence-corrected chi connectivity index (χ4v) is 3.49. The molecule has 1 fully saturated rings. The summed E-state index contributed by atoms with van der Waals surface area (Å²) in [5.41, 5.74) is 1.07. The minimum atomic E-state index is -0.0494. The SMILES string of the molecule is COc1cc(CN(C)C(=O)C2CCCCN2)c(SC)cc1OC. The van der Waals surface area contributed by atoms with E-state index in [-0.39, 0.29) is 11.9 Å². The van der Waals surface area contributed by atoms with E-state index in [1.165, 1.54) is 0 Å². The van der Waals surface area contributed by atoms with E-state index >= 15 is 0 Å². The number of benzene rings is 1. The van der Waals surface area contributed by atoms with Gasteiger partial charge >= 0.3 is 0 Å². The lowest BCUT2D eigenvalue weighted by Crippen LogP contribution is -2.47. The molecule has 5 nitrogen and oxygen atoms in total.